The van der Waals surface area contributed by atoms with Crippen LogP contribution in [0.5, 0.6) is 5.75 Å². The van der Waals surface area contributed by atoms with Crippen LogP contribution in [0.4, 0.5) is 0 Å². The Kier molecular flexibility index (Phi) is 5.21. The molecule has 2 N–H and O–H groups in total. The molecule has 0 aliphatic rings. The Balaban J connectivity index is 1.86. The average molecular weight is 315 g/mol. The molecule has 5 heteroatoms. The molecule has 0 bridgehead atoms. The van der Waals surface area contributed by atoms with Crippen molar-refractivity contribution in [1.82, 2.24) is 5.32 Å². The van der Waals surface area contributed by atoms with E-state index in [0.717, 1.165) is 10.8 Å². The fraction of sp³-hybridized carbons (Fsp3) is 0.333. The van der Waals surface area contributed by atoms with E-state index in [1.807, 2.05) is 42.5 Å². The number of fused-ring (bicyclic) bond motifs is 1. The molecule has 0 aromatic heterocycles. The third-order valence-corrected chi connectivity index (χ3v) is 3.76. The predicted octanol–water partition coefficient (Wildman–Crippen LogP) is 2.84. The normalized spacial score (nSPS) is 11.2. The van der Waals surface area contributed by atoms with Gasteiger partial charge in [-0.1, -0.05) is 36.4 Å². The van der Waals surface area contributed by atoms with Gasteiger partial charge in [-0.25, -0.2) is 0 Å². The fourth-order valence-electron chi connectivity index (χ4n) is 2.14. The van der Waals surface area contributed by atoms with Gasteiger partial charge in [-0.05, 0) is 31.7 Å². The van der Waals surface area contributed by atoms with Crippen molar-refractivity contribution < 1.29 is 19.4 Å². The van der Waals surface area contributed by atoms with Gasteiger partial charge in [-0.2, -0.15) is 0 Å². The van der Waals surface area contributed by atoms with Crippen LogP contribution >= 0.6 is 0 Å². The summed E-state index contributed by atoms with van der Waals surface area (Å²) in [6.07, 6.45) is 0.363. The molecular weight excluding hydrogens is 294 g/mol. The number of amides is 1. The van der Waals surface area contributed by atoms with Crippen LogP contribution in [-0.4, -0.2) is 30.1 Å². The third-order valence-electron chi connectivity index (χ3n) is 3.76. The fourth-order valence-corrected chi connectivity index (χ4v) is 2.14. The highest BCUT2D eigenvalue weighted by molar-refractivity contribution is 5.88. The first-order valence-corrected chi connectivity index (χ1v) is 7.51. The Bertz CT molecular complexity index is 704. The largest absolute Gasteiger partial charge is 0.483 e. The molecule has 0 radical (unpaired) electrons. The van der Waals surface area contributed by atoms with E-state index in [1.54, 1.807) is 13.8 Å². The van der Waals surface area contributed by atoms with E-state index in [-0.39, 0.29) is 12.5 Å². The van der Waals surface area contributed by atoms with Gasteiger partial charge in [0.2, 0.25) is 0 Å². The van der Waals surface area contributed by atoms with E-state index < -0.39 is 11.4 Å². The quantitative estimate of drug-likeness (QED) is 0.824. The lowest BCUT2D eigenvalue weighted by atomic mass is 9.90. The Morgan fingerprint density at radius 3 is 2.57 bits per heavy atom. The summed E-state index contributed by atoms with van der Waals surface area (Å²) in [4.78, 5) is 22.8. The molecular formula is C18H21NO4. The summed E-state index contributed by atoms with van der Waals surface area (Å²) in [6, 6.07) is 13.5. The molecule has 0 aliphatic carbocycles. The van der Waals surface area contributed by atoms with Gasteiger partial charge in [-0.3, -0.25) is 9.59 Å². The molecule has 122 valence electrons. The summed E-state index contributed by atoms with van der Waals surface area (Å²) in [5, 5.41) is 13.7. The minimum absolute atomic E-state index is 0.0957. The second-order valence-corrected chi connectivity index (χ2v) is 6.05. The topological polar surface area (TPSA) is 75.6 Å². The van der Waals surface area contributed by atoms with E-state index in [4.69, 9.17) is 9.84 Å². The van der Waals surface area contributed by atoms with Crippen LogP contribution in [0.3, 0.4) is 0 Å². The molecule has 0 spiro atoms. The number of hydrogen-bond acceptors (Lipinski definition) is 3. The van der Waals surface area contributed by atoms with Gasteiger partial charge in [0, 0.05) is 11.9 Å². The molecule has 2 aromatic rings. The van der Waals surface area contributed by atoms with Crippen molar-refractivity contribution >= 4 is 22.6 Å². The molecule has 0 saturated heterocycles. The summed E-state index contributed by atoms with van der Waals surface area (Å²) < 4.78 is 5.58. The number of rotatable bonds is 7. The van der Waals surface area contributed by atoms with Crippen molar-refractivity contribution in [2.75, 3.05) is 13.2 Å². The summed E-state index contributed by atoms with van der Waals surface area (Å²) in [5.41, 5.74) is -0.857. The molecule has 5 nitrogen and oxygen atoms in total. The maximum Gasteiger partial charge on any atom is 0.309 e. The monoisotopic (exact) mass is 315 g/mol. The number of nitrogens with one attached hydrogen (secondary N) is 1. The molecule has 0 saturated carbocycles. The van der Waals surface area contributed by atoms with E-state index >= 15 is 0 Å². The molecule has 0 unspecified atom stereocenters. The van der Waals surface area contributed by atoms with Gasteiger partial charge < -0.3 is 15.2 Å². The van der Waals surface area contributed by atoms with Gasteiger partial charge in [0.25, 0.3) is 5.91 Å². The molecule has 0 aliphatic heterocycles. The van der Waals surface area contributed by atoms with Gasteiger partial charge in [0.05, 0.1) is 5.41 Å². The van der Waals surface area contributed by atoms with E-state index in [0.29, 0.717) is 18.7 Å². The van der Waals surface area contributed by atoms with Crippen molar-refractivity contribution in [3.8, 4) is 5.75 Å². The minimum Gasteiger partial charge on any atom is -0.483 e. The lowest BCUT2D eigenvalue weighted by Gasteiger charge is -2.19. The zero-order valence-electron chi connectivity index (χ0n) is 13.3. The number of carboxylic acids is 1. The molecule has 0 heterocycles. The summed E-state index contributed by atoms with van der Waals surface area (Å²) in [5.74, 6) is -0.484. The Morgan fingerprint density at radius 2 is 1.83 bits per heavy atom. The predicted molar refractivity (Wildman–Crippen MR) is 88.5 cm³/mol. The lowest BCUT2D eigenvalue weighted by Crippen LogP contribution is -2.34. The summed E-state index contributed by atoms with van der Waals surface area (Å²) in [6.45, 7) is 3.47. The van der Waals surface area contributed by atoms with Gasteiger partial charge >= 0.3 is 5.97 Å². The summed E-state index contributed by atoms with van der Waals surface area (Å²) in [7, 11) is 0. The number of carbonyl (C=O) groups is 2. The first kappa shape index (κ1) is 16.8. The number of carboxylic acid groups (broad SMARTS) is 1. The lowest BCUT2D eigenvalue weighted by molar-refractivity contribution is -0.147. The minimum atomic E-state index is -0.876. The highest BCUT2D eigenvalue weighted by Crippen LogP contribution is 2.25. The molecule has 1 amide bonds. The Labute approximate surface area is 135 Å². The van der Waals surface area contributed by atoms with Crippen molar-refractivity contribution in [3.05, 3.63) is 42.5 Å². The maximum atomic E-state index is 11.8. The Hall–Kier alpha value is -2.56. The van der Waals surface area contributed by atoms with Crippen molar-refractivity contribution in [2.24, 2.45) is 5.41 Å². The first-order valence-electron chi connectivity index (χ1n) is 7.51. The molecule has 2 rings (SSSR count). The van der Waals surface area contributed by atoms with Crippen LogP contribution in [0, 0.1) is 5.41 Å². The smallest absolute Gasteiger partial charge is 0.309 e. The van der Waals surface area contributed by atoms with E-state index in [9.17, 15) is 9.59 Å². The number of aliphatic carboxylic acids is 1. The molecule has 23 heavy (non-hydrogen) atoms. The van der Waals surface area contributed by atoms with Crippen LogP contribution in [-0.2, 0) is 9.59 Å². The summed E-state index contributed by atoms with van der Waals surface area (Å²) >= 11 is 0. The van der Waals surface area contributed by atoms with Gasteiger partial charge in [0.1, 0.15) is 5.75 Å². The zero-order chi connectivity index (χ0) is 16.9. The van der Waals surface area contributed by atoms with Crippen molar-refractivity contribution in [3.63, 3.8) is 0 Å². The highest BCUT2D eigenvalue weighted by atomic mass is 16.5. The number of hydrogen-bond donors (Lipinski definition) is 2. The second-order valence-electron chi connectivity index (χ2n) is 6.05. The van der Waals surface area contributed by atoms with E-state index in [2.05, 4.69) is 5.32 Å². The number of benzene rings is 2. The molecule has 2 aromatic carbocycles. The Morgan fingerprint density at radius 1 is 1.13 bits per heavy atom. The van der Waals surface area contributed by atoms with Crippen LogP contribution < -0.4 is 10.1 Å². The third kappa shape index (κ3) is 4.45. The van der Waals surface area contributed by atoms with Gasteiger partial charge in [0.15, 0.2) is 6.61 Å². The van der Waals surface area contributed by atoms with Crippen LogP contribution in [0.15, 0.2) is 42.5 Å². The van der Waals surface area contributed by atoms with Gasteiger partial charge in [-0.15, -0.1) is 0 Å². The van der Waals surface area contributed by atoms with Crippen molar-refractivity contribution in [2.45, 2.75) is 20.3 Å². The first-order chi connectivity index (χ1) is 10.9. The molecule has 0 atom stereocenters. The van der Waals surface area contributed by atoms with Crippen LogP contribution in [0.25, 0.3) is 10.8 Å². The zero-order valence-corrected chi connectivity index (χ0v) is 13.3. The van der Waals surface area contributed by atoms with Crippen LogP contribution in [0.1, 0.15) is 20.3 Å². The highest BCUT2D eigenvalue weighted by Gasteiger charge is 2.26. The second kappa shape index (κ2) is 7.13. The number of carbonyl (C=O) groups excluding carboxylic acids is 1. The SMILES string of the molecule is CC(C)(CCNC(=O)COc1cccc2ccccc12)C(=O)O. The van der Waals surface area contributed by atoms with Crippen molar-refractivity contribution in [1.29, 1.82) is 0 Å². The maximum absolute atomic E-state index is 11.8. The standard InChI is InChI=1S/C18H21NO4/c1-18(2,17(21)22)10-11-19-16(20)12-23-15-9-5-7-13-6-3-4-8-14(13)15/h3-9H,10-12H2,1-2H3,(H,19,20)(H,21,22). The number of ether oxygens (including phenoxy) is 1. The molecule has 0 fully saturated rings. The van der Waals surface area contributed by atoms with E-state index in [1.165, 1.54) is 0 Å². The average Bonchev–Trinajstić information content (AvgIpc) is 2.52. The van der Waals surface area contributed by atoms with Crippen LogP contribution in [0.2, 0.25) is 0 Å².